The van der Waals surface area contributed by atoms with Crippen LogP contribution in [0.2, 0.25) is 0 Å². The molecular formula is C11H20N2. The Morgan fingerprint density at radius 3 is 2.92 bits per heavy atom. The van der Waals surface area contributed by atoms with Crippen LogP contribution < -0.4 is 11.1 Å². The van der Waals surface area contributed by atoms with Gasteiger partial charge in [-0.1, -0.05) is 13.3 Å². The Morgan fingerprint density at radius 1 is 1.69 bits per heavy atom. The first-order chi connectivity index (χ1) is 6.25. The van der Waals surface area contributed by atoms with Crippen LogP contribution in [-0.4, -0.2) is 18.6 Å². The van der Waals surface area contributed by atoms with Crippen molar-refractivity contribution in [2.45, 2.75) is 38.1 Å². The second-order valence-electron chi connectivity index (χ2n) is 4.03. The minimum Gasteiger partial charge on any atom is -0.329 e. The quantitative estimate of drug-likeness (QED) is 0.502. The van der Waals surface area contributed by atoms with Crippen molar-refractivity contribution in [1.29, 1.82) is 0 Å². The predicted octanol–water partition coefficient (Wildman–Crippen LogP) is 1.12. The molecule has 1 rings (SSSR count). The molecule has 0 bridgehead atoms. The number of nitrogens with two attached hydrogens (primary N) is 1. The zero-order valence-electron chi connectivity index (χ0n) is 8.47. The summed E-state index contributed by atoms with van der Waals surface area (Å²) in [7, 11) is 0. The van der Waals surface area contributed by atoms with Crippen molar-refractivity contribution >= 4 is 0 Å². The molecule has 0 heterocycles. The van der Waals surface area contributed by atoms with Gasteiger partial charge >= 0.3 is 0 Å². The van der Waals surface area contributed by atoms with E-state index in [2.05, 4.69) is 18.2 Å². The van der Waals surface area contributed by atoms with Crippen molar-refractivity contribution in [2.24, 2.45) is 11.7 Å². The van der Waals surface area contributed by atoms with Gasteiger partial charge in [-0.25, -0.2) is 0 Å². The smallest absolute Gasteiger partial charge is 0.0330 e. The van der Waals surface area contributed by atoms with Crippen molar-refractivity contribution in [2.75, 3.05) is 13.1 Å². The van der Waals surface area contributed by atoms with Gasteiger partial charge in [-0.3, -0.25) is 0 Å². The summed E-state index contributed by atoms with van der Waals surface area (Å²) in [4.78, 5) is 0. The lowest BCUT2D eigenvalue weighted by molar-refractivity contribution is 0.270. The first-order valence-electron chi connectivity index (χ1n) is 5.14. The molecule has 2 nitrogen and oxygen atoms in total. The Morgan fingerprint density at radius 2 is 2.46 bits per heavy atom. The van der Waals surface area contributed by atoms with Crippen LogP contribution in [0.5, 0.6) is 0 Å². The second kappa shape index (κ2) is 4.64. The van der Waals surface area contributed by atoms with E-state index in [0.717, 1.165) is 19.5 Å². The highest BCUT2D eigenvalue weighted by Gasteiger charge is 2.38. The normalized spacial score (nSPS) is 33.2. The van der Waals surface area contributed by atoms with Crippen molar-refractivity contribution in [3.8, 4) is 12.3 Å². The molecule has 0 aromatic rings. The Balaban J connectivity index is 2.45. The zero-order chi connectivity index (χ0) is 9.73. The molecule has 3 N–H and O–H groups in total. The van der Waals surface area contributed by atoms with Gasteiger partial charge in [0.15, 0.2) is 0 Å². The SMILES string of the molecule is C#CCCNC1(CN)CCCC1C. The van der Waals surface area contributed by atoms with Gasteiger partial charge in [0, 0.05) is 25.0 Å². The first-order valence-corrected chi connectivity index (χ1v) is 5.14. The molecule has 1 saturated carbocycles. The van der Waals surface area contributed by atoms with Crippen molar-refractivity contribution in [3.05, 3.63) is 0 Å². The minimum absolute atomic E-state index is 0.177. The monoisotopic (exact) mass is 180 g/mol. The van der Waals surface area contributed by atoms with Crippen LogP contribution in [0.4, 0.5) is 0 Å². The van der Waals surface area contributed by atoms with Gasteiger partial charge < -0.3 is 11.1 Å². The highest BCUT2D eigenvalue weighted by Crippen LogP contribution is 2.34. The molecule has 2 atom stereocenters. The maximum atomic E-state index is 5.83. The molecule has 0 aromatic carbocycles. The number of nitrogens with one attached hydrogen (secondary N) is 1. The predicted molar refractivity (Wildman–Crippen MR) is 56.3 cm³/mol. The topological polar surface area (TPSA) is 38.0 Å². The van der Waals surface area contributed by atoms with E-state index < -0.39 is 0 Å². The fraction of sp³-hybridized carbons (Fsp3) is 0.818. The molecule has 2 unspecified atom stereocenters. The van der Waals surface area contributed by atoms with E-state index in [1.54, 1.807) is 0 Å². The summed E-state index contributed by atoms with van der Waals surface area (Å²) in [6.07, 6.45) is 9.80. The van der Waals surface area contributed by atoms with E-state index in [-0.39, 0.29) is 5.54 Å². The van der Waals surface area contributed by atoms with Gasteiger partial charge in [0.25, 0.3) is 0 Å². The molecule has 2 heteroatoms. The summed E-state index contributed by atoms with van der Waals surface area (Å²) in [5, 5.41) is 3.53. The van der Waals surface area contributed by atoms with Gasteiger partial charge in [0.1, 0.15) is 0 Å². The van der Waals surface area contributed by atoms with E-state index >= 15 is 0 Å². The van der Waals surface area contributed by atoms with Crippen LogP contribution in [0.3, 0.4) is 0 Å². The lowest BCUT2D eigenvalue weighted by Gasteiger charge is -2.33. The minimum atomic E-state index is 0.177. The molecule has 1 aliphatic rings. The highest BCUT2D eigenvalue weighted by atomic mass is 15.0. The standard InChI is InChI=1S/C11H20N2/c1-3-4-8-13-11(9-12)7-5-6-10(11)2/h1,10,13H,4-9,12H2,2H3. The molecule has 74 valence electrons. The molecular weight excluding hydrogens is 160 g/mol. The zero-order valence-corrected chi connectivity index (χ0v) is 8.47. The highest BCUT2D eigenvalue weighted by molar-refractivity contribution is 4.99. The fourth-order valence-electron chi connectivity index (χ4n) is 2.27. The van der Waals surface area contributed by atoms with E-state index in [0.29, 0.717) is 5.92 Å². The second-order valence-corrected chi connectivity index (χ2v) is 4.03. The molecule has 1 fully saturated rings. The first kappa shape index (κ1) is 10.6. The Labute approximate surface area is 81.3 Å². The number of rotatable bonds is 4. The summed E-state index contributed by atoms with van der Waals surface area (Å²) >= 11 is 0. The van der Waals surface area contributed by atoms with Gasteiger partial charge in [-0.05, 0) is 18.8 Å². The Kier molecular flexibility index (Phi) is 3.77. The molecule has 0 spiro atoms. The number of hydrogen-bond acceptors (Lipinski definition) is 2. The van der Waals surface area contributed by atoms with Crippen LogP contribution >= 0.6 is 0 Å². The van der Waals surface area contributed by atoms with E-state index in [9.17, 15) is 0 Å². The molecule has 1 aliphatic carbocycles. The third kappa shape index (κ3) is 2.24. The molecule has 0 radical (unpaired) electrons. The summed E-state index contributed by atoms with van der Waals surface area (Å²) in [6, 6.07) is 0. The van der Waals surface area contributed by atoms with Gasteiger partial charge in [-0.2, -0.15) is 0 Å². The Bertz CT molecular complexity index is 195. The lowest BCUT2D eigenvalue weighted by atomic mass is 9.88. The van der Waals surface area contributed by atoms with Crippen LogP contribution in [-0.2, 0) is 0 Å². The van der Waals surface area contributed by atoms with Gasteiger partial charge in [0.05, 0.1) is 0 Å². The average molecular weight is 180 g/mol. The summed E-state index contributed by atoms with van der Waals surface area (Å²) < 4.78 is 0. The van der Waals surface area contributed by atoms with Crippen LogP contribution in [0, 0.1) is 18.3 Å². The summed E-state index contributed by atoms with van der Waals surface area (Å²) in [6.45, 7) is 3.92. The van der Waals surface area contributed by atoms with Crippen molar-refractivity contribution in [1.82, 2.24) is 5.32 Å². The molecule has 0 saturated heterocycles. The molecule has 0 aromatic heterocycles. The maximum Gasteiger partial charge on any atom is 0.0330 e. The molecule has 0 aliphatic heterocycles. The fourth-order valence-corrected chi connectivity index (χ4v) is 2.27. The van der Waals surface area contributed by atoms with Crippen LogP contribution in [0.25, 0.3) is 0 Å². The third-order valence-corrected chi connectivity index (χ3v) is 3.31. The molecule has 13 heavy (non-hydrogen) atoms. The average Bonchev–Trinajstić information content (AvgIpc) is 2.49. The van der Waals surface area contributed by atoms with E-state index in [1.807, 2.05) is 0 Å². The largest absolute Gasteiger partial charge is 0.329 e. The van der Waals surface area contributed by atoms with E-state index in [1.165, 1.54) is 19.3 Å². The number of hydrogen-bond donors (Lipinski definition) is 2. The third-order valence-electron chi connectivity index (χ3n) is 3.31. The number of terminal acetylenes is 1. The van der Waals surface area contributed by atoms with E-state index in [4.69, 9.17) is 12.2 Å². The summed E-state index contributed by atoms with van der Waals surface area (Å²) in [5.41, 5.74) is 6.00. The Hall–Kier alpha value is -0.520. The van der Waals surface area contributed by atoms with Crippen LogP contribution in [0.15, 0.2) is 0 Å². The van der Waals surface area contributed by atoms with Crippen molar-refractivity contribution in [3.63, 3.8) is 0 Å². The van der Waals surface area contributed by atoms with Crippen molar-refractivity contribution < 1.29 is 0 Å². The van der Waals surface area contributed by atoms with Gasteiger partial charge in [-0.15, -0.1) is 12.3 Å². The maximum absolute atomic E-state index is 5.83. The molecule has 0 amide bonds. The lowest BCUT2D eigenvalue weighted by Crippen LogP contribution is -2.53. The summed E-state index contributed by atoms with van der Waals surface area (Å²) in [5.74, 6) is 3.33. The van der Waals surface area contributed by atoms with Crippen LogP contribution in [0.1, 0.15) is 32.6 Å². The van der Waals surface area contributed by atoms with Gasteiger partial charge in [0.2, 0.25) is 0 Å².